The average molecular weight is 308 g/mol. The van der Waals surface area contributed by atoms with E-state index in [0.717, 1.165) is 0 Å². The molecular weight excluding hydrogens is 292 g/mol. The second kappa shape index (κ2) is 7.94. The summed E-state index contributed by atoms with van der Waals surface area (Å²) < 4.78 is 4.73. The Hall–Kier alpha value is -2.67. The monoisotopic (exact) mass is 308 g/mol. The minimum absolute atomic E-state index is 0.0477. The molecule has 0 bridgehead atoms. The molecular formula is C15H16O7. The lowest BCUT2D eigenvalue weighted by Crippen LogP contribution is -2.20. The van der Waals surface area contributed by atoms with Gasteiger partial charge in [0, 0.05) is 12.0 Å². The number of ether oxygens (including phenoxy) is 1. The Morgan fingerprint density at radius 3 is 2.18 bits per heavy atom. The van der Waals surface area contributed by atoms with Crippen LogP contribution in [0.1, 0.15) is 41.0 Å². The highest BCUT2D eigenvalue weighted by Gasteiger charge is 2.22. The highest BCUT2D eigenvalue weighted by atomic mass is 17.2. The quantitative estimate of drug-likeness (QED) is 0.291. The van der Waals surface area contributed by atoms with Gasteiger partial charge in [0.05, 0.1) is 11.1 Å². The lowest BCUT2D eigenvalue weighted by atomic mass is 10.1. The lowest BCUT2D eigenvalue weighted by Gasteiger charge is -2.11. The summed E-state index contributed by atoms with van der Waals surface area (Å²) in [7, 11) is 0. The Labute approximate surface area is 127 Å². The molecule has 0 aliphatic rings. The first-order chi connectivity index (χ1) is 10.4. The number of hydrogen-bond donors (Lipinski definition) is 1. The van der Waals surface area contributed by atoms with Gasteiger partial charge in [-0.25, -0.2) is 24.2 Å². The van der Waals surface area contributed by atoms with E-state index in [0.29, 0.717) is 0 Å². The fourth-order valence-corrected chi connectivity index (χ4v) is 1.30. The fourth-order valence-electron chi connectivity index (χ4n) is 1.30. The van der Waals surface area contributed by atoms with Crippen LogP contribution in [0.25, 0.3) is 0 Å². The number of benzene rings is 1. The van der Waals surface area contributed by atoms with Crippen molar-refractivity contribution in [2.75, 3.05) is 0 Å². The number of aliphatic hydroxyl groups excluding tert-OH is 1. The molecule has 118 valence electrons. The van der Waals surface area contributed by atoms with Crippen LogP contribution in [0, 0.1) is 0 Å². The number of rotatable bonds is 5. The van der Waals surface area contributed by atoms with Crippen LogP contribution < -0.4 is 0 Å². The third-order valence-corrected chi connectivity index (χ3v) is 2.50. The van der Waals surface area contributed by atoms with E-state index in [1.807, 2.05) is 0 Å². The van der Waals surface area contributed by atoms with Crippen LogP contribution >= 0.6 is 0 Å². The van der Waals surface area contributed by atoms with Gasteiger partial charge in [-0.2, -0.15) is 0 Å². The van der Waals surface area contributed by atoms with Crippen molar-refractivity contribution in [2.45, 2.75) is 26.6 Å². The van der Waals surface area contributed by atoms with Gasteiger partial charge in [-0.15, -0.1) is 0 Å². The van der Waals surface area contributed by atoms with E-state index in [1.165, 1.54) is 31.2 Å². The van der Waals surface area contributed by atoms with Crippen molar-refractivity contribution in [3.8, 4) is 0 Å². The zero-order valence-corrected chi connectivity index (χ0v) is 12.2. The molecule has 1 rings (SSSR count). The molecule has 0 amide bonds. The first-order valence-corrected chi connectivity index (χ1v) is 6.43. The number of carbonyl (C=O) groups is 3. The maximum atomic E-state index is 11.9. The molecule has 0 aromatic heterocycles. The molecule has 22 heavy (non-hydrogen) atoms. The molecule has 1 aromatic carbocycles. The van der Waals surface area contributed by atoms with Gasteiger partial charge in [-0.3, -0.25) is 0 Å². The lowest BCUT2D eigenvalue weighted by molar-refractivity contribution is -0.229. The Kier molecular flexibility index (Phi) is 6.27. The molecule has 0 aliphatic carbocycles. The Balaban J connectivity index is 2.87. The van der Waals surface area contributed by atoms with Crippen LogP contribution in [0.2, 0.25) is 0 Å². The number of carbonyl (C=O) groups excluding carboxylic acids is 3. The SMILES string of the molecule is C=C(C)C(=O)OOC(=O)c1ccccc1C(=O)OC(O)CC. The molecule has 0 aliphatic heterocycles. The molecule has 1 N–H and O–H groups in total. The average Bonchev–Trinajstić information content (AvgIpc) is 2.51. The van der Waals surface area contributed by atoms with E-state index in [1.54, 1.807) is 6.92 Å². The summed E-state index contributed by atoms with van der Waals surface area (Å²) in [5.74, 6) is -2.85. The second-order valence-electron chi connectivity index (χ2n) is 4.34. The van der Waals surface area contributed by atoms with Crippen LogP contribution in [0.15, 0.2) is 36.4 Å². The van der Waals surface area contributed by atoms with Crippen molar-refractivity contribution in [3.63, 3.8) is 0 Å². The summed E-state index contributed by atoms with van der Waals surface area (Å²) in [5, 5.41) is 9.32. The van der Waals surface area contributed by atoms with Gasteiger partial charge < -0.3 is 9.84 Å². The summed E-state index contributed by atoms with van der Waals surface area (Å²) in [4.78, 5) is 43.5. The van der Waals surface area contributed by atoms with Crippen LogP contribution in [0.4, 0.5) is 0 Å². The summed E-state index contributed by atoms with van der Waals surface area (Å²) in [5.41, 5.74) is -0.233. The van der Waals surface area contributed by atoms with Crippen molar-refractivity contribution < 1.29 is 34.0 Å². The molecule has 0 saturated carbocycles. The van der Waals surface area contributed by atoms with E-state index < -0.39 is 24.2 Å². The molecule has 1 aromatic rings. The van der Waals surface area contributed by atoms with Crippen molar-refractivity contribution in [1.82, 2.24) is 0 Å². The van der Waals surface area contributed by atoms with Gasteiger partial charge in [0.25, 0.3) is 0 Å². The second-order valence-corrected chi connectivity index (χ2v) is 4.34. The van der Waals surface area contributed by atoms with Crippen LogP contribution in [0.3, 0.4) is 0 Å². The Bertz CT molecular complexity index is 591. The van der Waals surface area contributed by atoms with Crippen LogP contribution in [-0.4, -0.2) is 29.3 Å². The molecule has 1 unspecified atom stereocenters. The third-order valence-electron chi connectivity index (χ3n) is 2.50. The van der Waals surface area contributed by atoms with Crippen LogP contribution in [-0.2, 0) is 19.3 Å². The Morgan fingerprint density at radius 1 is 1.14 bits per heavy atom. The predicted octanol–water partition coefficient (Wildman–Crippen LogP) is 1.76. The molecule has 1 atom stereocenters. The summed E-state index contributed by atoms with van der Waals surface area (Å²) in [6, 6.07) is 5.61. The molecule has 0 heterocycles. The number of aliphatic hydroxyl groups is 1. The topological polar surface area (TPSA) is 99.1 Å². The van der Waals surface area contributed by atoms with E-state index in [-0.39, 0.29) is 23.1 Å². The smallest absolute Gasteiger partial charge is 0.387 e. The summed E-state index contributed by atoms with van der Waals surface area (Å²) in [6.45, 7) is 6.33. The molecule has 0 fully saturated rings. The molecule has 7 heteroatoms. The van der Waals surface area contributed by atoms with Crippen molar-refractivity contribution in [1.29, 1.82) is 0 Å². The van der Waals surface area contributed by atoms with E-state index in [9.17, 15) is 19.5 Å². The highest BCUT2D eigenvalue weighted by Crippen LogP contribution is 2.13. The van der Waals surface area contributed by atoms with Crippen molar-refractivity contribution in [3.05, 3.63) is 47.5 Å². The fraction of sp³-hybridized carbons (Fsp3) is 0.267. The molecule has 7 nitrogen and oxygen atoms in total. The maximum absolute atomic E-state index is 11.9. The first-order valence-electron chi connectivity index (χ1n) is 6.43. The highest BCUT2D eigenvalue weighted by molar-refractivity contribution is 6.03. The van der Waals surface area contributed by atoms with Gasteiger partial charge in [0.15, 0.2) is 0 Å². The van der Waals surface area contributed by atoms with E-state index in [4.69, 9.17) is 4.74 Å². The minimum Gasteiger partial charge on any atom is -0.432 e. The van der Waals surface area contributed by atoms with Crippen molar-refractivity contribution >= 4 is 17.9 Å². The standard InChI is InChI=1S/C15H16O7/c1-4-12(16)20-14(18)10-7-5-6-8-11(10)15(19)22-21-13(17)9(2)3/h5-8,12,16H,2,4H2,1,3H3. The first kappa shape index (κ1) is 17.4. The molecule has 0 saturated heterocycles. The van der Waals surface area contributed by atoms with Gasteiger partial charge in [0.1, 0.15) is 0 Å². The van der Waals surface area contributed by atoms with Gasteiger partial charge in [0.2, 0.25) is 6.29 Å². The van der Waals surface area contributed by atoms with Gasteiger partial charge >= 0.3 is 17.9 Å². The minimum atomic E-state index is -1.28. The molecule has 0 radical (unpaired) electrons. The van der Waals surface area contributed by atoms with Crippen LogP contribution in [0.5, 0.6) is 0 Å². The normalized spacial score (nSPS) is 11.2. The molecule has 0 spiro atoms. The van der Waals surface area contributed by atoms with E-state index >= 15 is 0 Å². The maximum Gasteiger partial charge on any atom is 0.387 e. The predicted molar refractivity (Wildman–Crippen MR) is 74.5 cm³/mol. The van der Waals surface area contributed by atoms with Gasteiger partial charge in [-0.1, -0.05) is 25.6 Å². The van der Waals surface area contributed by atoms with Crippen molar-refractivity contribution in [2.24, 2.45) is 0 Å². The zero-order chi connectivity index (χ0) is 16.7. The zero-order valence-electron chi connectivity index (χ0n) is 12.2. The largest absolute Gasteiger partial charge is 0.432 e. The summed E-state index contributed by atoms with van der Waals surface area (Å²) >= 11 is 0. The Morgan fingerprint density at radius 2 is 1.68 bits per heavy atom. The van der Waals surface area contributed by atoms with Gasteiger partial charge in [-0.05, 0) is 19.1 Å². The number of hydrogen-bond acceptors (Lipinski definition) is 7. The third kappa shape index (κ3) is 4.71. The number of esters is 1. The summed E-state index contributed by atoms with van der Waals surface area (Å²) in [6.07, 6.45) is -1.08. The van der Waals surface area contributed by atoms with E-state index in [2.05, 4.69) is 16.4 Å².